The molecule has 41 heavy (non-hydrogen) atoms. The first kappa shape index (κ1) is 31.1. The number of aliphatic hydroxyl groups excluding tert-OH is 1. The lowest BCUT2D eigenvalue weighted by Crippen LogP contribution is -2.40. The lowest BCUT2D eigenvalue weighted by Gasteiger charge is -2.31. The largest absolute Gasteiger partial charge is 0.464 e. The molecule has 1 amide bonds. The number of amides is 1. The Bertz CT molecular complexity index is 1150. The molecule has 0 aliphatic carbocycles. The van der Waals surface area contributed by atoms with E-state index in [1.54, 1.807) is 35.2 Å². The van der Waals surface area contributed by atoms with Gasteiger partial charge in [-0.2, -0.15) is 0 Å². The summed E-state index contributed by atoms with van der Waals surface area (Å²) in [6.45, 7) is 4.35. The van der Waals surface area contributed by atoms with Crippen LogP contribution in [-0.2, 0) is 38.0 Å². The molecule has 1 aromatic heterocycles. The molecule has 0 radical (unpaired) electrons. The van der Waals surface area contributed by atoms with E-state index in [2.05, 4.69) is 0 Å². The molecule has 0 spiro atoms. The van der Waals surface area contributed by atoms with E-state index in [1.165, 1.54) is 6.26 Å². The average molecular weight is 578 g/mol. The third kappa shape index (κ3) is 9.60. The number of carbonyl (C=O) groups excluding carboxylic acids is 1. The number of rotatable bonds is 8. The Morgan fingerprint density at radius 3 is 2.24 bits per heavy atom. The van der Waals surface area contributed by atoms with Gasteiger partial charge < -0.3 is 47.6 Å². The van der Waals surface area contributed by atoms with Gasteiger partial charge in [0, 0.05) is 31.0 Å². The van der Waals surface area contributed by atoms with Crippen molar-refractivity contribution in [3.05, 3.63) is 58.2 Å². The summed E-state index contributed by atoms with van der Waals surface area (Å²) in [6, 6.07) is 7.03. The highest BCUT2D eigenvalue weighted by Gasteiger charge is 2.32. The number of hydrogen-bond donors (Lipinski definition) is 1. The molecular formula is C29H39NO11. The summed E-state index contributed by atoms with van der Waals surface area (Å²) in [7, 11) is 0. The number of ether oxygens (including phenoxy) is 7. The number of nitrogens with zero attached hydrogens (tertiary/aromatic N) is 1. The topological polar surface area (TPSA) is 135 Å². The Labute approximate surface area is 238 Å². The zero-order valence-electron chi connectivity index (χ0n) is 23.2. The molecule has 2 atom stereocenters. The van der Waals surface area contributed by atoms with Crippen LogP contribution in [0.5, 0.6) is 0 Å². The Balaban J connectivity index is 1.52. The molecule has 1 aromatic carbocycles. The van der Waals surface area contributed by atoms with Gasteiger partial charge in [0.1, 0.15) is 5.58 Å². The molecule has 0 unspecified atom stereocenters. The molecule has 1 N–H and O–H groups in total. The zero-order valence-corrected chi connectivity index (χ0v) is 23.2. The quantitative estimate of drug-likeness (QED) is 0.457. The predicted octanol–water partition coefficient (Wildman–Crippen LogP) is 1.44. The van der Waals surface area contributed by atoms with Crippen molar-refractivity contribution in [3.8, 4) is 0 Å². The fourth-order valence-electron chi connectivity index (χ4n) is 4.46. The van der Waals surface area contributed by atoms with E-state index in [-0.39, 0.29) is 43.5 Å². The maximum atomic E-state index is 13.7. The van der Waals surface area contributed by atoms with Gasteiger partial charge in [-0.1, -0.05) is 12.1 Å². The van der Waals surface area contributed by atoms with Crippen LogP contribution in [0, 0.1) is 0 Å². The molecule has 12 nitrogen and oxygen atoms in total. The Hall–Kier alpha value is -2.84. The van der Waals surface area contributed by atoms with Crippen LogP contribution >= 0.6 is 0 Å². The first-order valence-corrected chi connectivity index (χ1v) is 14.0. The number of allylic oxidation sites excluding steroid dienone is 1. The number of para-hydroxylation sites is 1. The highest BCUT2D eigenvalue weighted by molar-refractivity contribution is 5.92. The molecule has 1 saturated heterocycles. The summed E-state index contributed by atoms with van der Waals surface area (Å²) in [5, 5.41) is 9.39. The predicted molar refractivity (Wildman–Crippen MR) is 147 cm³/mol. The summed E-state index contributed by atoms with van der Waals surface area (Å²) >= 11 is 0. The number of aliphatic hydroxyl groups is 1. The van der Waals surface area contributed by atoms with Gasteiger partial charge in [-0.15, -0.1) is 0 Å². The van der Waals surface area contributed by atoms with Crippen LogP contribution in [0.1, 0.15) is 17.9 Å². The minimum Gasteiger partial charge on any atom is -0.464 e. The van der Waals surface area contributed by atoms with Crippen LogP contribution in [0.4, 0.5) is 0 Å². The molecule has 12 heteroatoms. The van der Waals surface area contributed by atoms with Crippen molar-refractivity contribution in [1.82, 2.24) is 4.90 Å². The maximum absolute atomic E-state index is 13.7. The van der Waals surface area contributed by atoms with Crippen LogP contribution < -0.4 is 5.43 Å². The van der Waals surface area contributed by atoms with Crippen LogP contribution in [0.3, 0.4) is 0 Å². The number of carbonyl (C=O) groups is 1. The zero-order chi connectivity index (χ0) is 28.7. The first-order chi connectivity index (χ1) is 20.2. The van der Waals surface area contributed by atoms with Gasteiger partial charge in [0.15, 0.2) is 11.2 Å². The fraction of sp³-hybridized carbons (Fsp3) is 0.586. The van der Waals surface area contributed by atoms with Crippen molar-refractivity contribution in [2.75, 3.05) is 92.4 Å². The van der Waals surface area contributed by atoms with Crippen molar-refractivity contribution >= 4 is 16.9 Å². The van der Waals surface area contributed by atoms with Gasteiger partial charge in [0.25, 0.3) is 5.91 Å². The lowest BCUT2D eigenvalue weighted by molar-refractivity contribution is -0.157. The van der Waals surface area contributed by atoms with Crippen molar-refractivity contribution in [3.63, 3.8) is 0 Å². The Morgan fingerprint density at radius 1 is 0.902 bits per heavy atom. The van der Waals surface area contributed by atoms with Crippen LogP contribution in [-0.4, -0.2) is 115 Å². The standard InChI is InChI=1S/C29H39NO11/c31-7-10-36-17-18-39-27-20-22(24-21-40-25-4-2-1-3-23(25)28(24)32)19-26(41-27)29(33)30-5-8-34-11-13-37-15-16-38-14-12-35-9-6-30/h1-4,19,21-22,27,31H,5-18,20H2/t22-,27+/m1/s1. The minimum atomic E-state index is -0.808. The van der Waals surface area contributed by atoms with Crippen molar-refractivity contribution < 1.29 is 47.5 Å². The average Bonchev–Trinajstić information content (AvgIpc) is 3.00. The van der Waals surface area contributed by atoms with E-state index in [1.807, 2.05) is 0 Å². The molecule has 2 aliphatic heterocycles. The smallest absolute Gasteiger partial charge is 0.288 e. The lowest BCUT2D eigenvalue weighted by atomic mass is 9.93. The molecule has 3 heterocycles. The monoisotopic (exact) mass is 577 g/mol. The third-order valence-electron chi connectivity index (χ3n) is 6.56. The van der Waals surface area contributed by atoms with Gasteiger partial charge >= 0.3 is 0 Å². The van der Waals surface area contributed by atoms with Crippen LogP contribution in [0.15, 0.2) is 51.6 Å². The Morgan fingerprint density at radius 2 is 1.56 bits per heavy atom. The first-order valence-electron chi connectivity index (χ1n) is 14.0. The normalized spacial score (nSPS) is 21.9. The summed E-state index contributed by atoms with van der Waals surface area (Å²) in [5.41, 5.74) is 0.721. The second kappa shape index (κ2) is 17.2. The van der Waals surface area contributed by atoms with Crippen molar-refractivity contribution in [2.24, 2.45) is 0 Å². The van der Waals surface area contributed by atoms with E-state index in [9.17, 15) is 9.59 Å². The van der Waals surface area contributed by atoms with E-state index < -0.39 is 12.2 Å². The van der Waals surface area contributed by atoms with Crippen LogP contribution in [0.25, 0.3) is 11.0 Å². The van der Waals surface area contributed by atoms with Crippen LogP contribution in [0.2, 0.25) is 0 Å². The molecular weight excluding hydrogens is 538 g/mol. The fourth-order valence-corrected chi connectivity index (χ4v) is 4.46. The van der Waals surface area contributed by atoms with E-state index >= 15 is 0 Å². The molecule has 2 aromatic rings. The second-order valence-electron chi connectivity index (χ2n) is 9.39. The van der Waals surface area contributed by atoms with Crippen molar-refractivity contribution in [1.29, 1.82) is 0 Å². The molecule has 0 saturated carbocycles. The van der Waals surface area contributed by atoms with Crippen molar-refractivity contribution in [2.45, 2.75) is 18.6 Å². The SMILES string of the molecule is O=C(C1=C[C@@H](c2coc3ccccc3c2=O)C[C@@H](OCCOCCO)O1)N1CCOCCOCCOCCOCC1. The number of fused-ring (bicyclic) bond motifs is 1. The Kier molecular flexibility index (Phi) is 13.0. The van der Waals surface area contributed by atoms with Gasteiger partial charge in [-0.25, -0.2) is 0 Å². The highest BCUT2D eigenvalue weighted by atomic mass is 16.7. The van der Waals surface area contributed by atoms with Gasteiger partial charge in [0.2, 0.25) is 6.29 Å². The maximum Gasteiger partial charge on any atom is 0.288 e. The minimum absolute atomic E-state index is 0.0691. The molecule has 0 bridgehead atoms. The van der Waals surface area contributed by atoms with E-state index in [4.69, 9.17) is 42.7 Å². The number of benzene rings is 1. The summed E-state index contributed by atoms with van der Waals surface area (Å²) in [4.78, 5) is 28.7. The van der Waals surface area contributed by atoms with Gasteiger partial charge in [-0.3, -0.25) is 9.59 Å². The molecule has 226 valence electrons. The molecule has 4 rings (SSSR count). The summed E-state index contributed by atoms with van der Waals surface area (Å²) < 4.78 is 45.2. The summed E-state index contributed by atoms with van der Waals surface area (Å²) in [6.07, 6.45) is 2.59. The third-order valence-corrected chi connectivity index (χ3v) is 6.56. The molecule has 1 fully saturated rings. The second-order valence-corrected chi connectivity index (χ2v) is 9.39. The molecule has 2 aliphatic rings. The van der Waals surface area contributed by atoms with E-state index in [0.29, 0.717) is 88.9 Å². The van der Waals surface area contributed by atoms with E-state index in [0.717, 1.165) is 0 Å². The number of hydrogen-bond acceptors (Lipinski definition) is 11. The summed E-state index contributed by atoms with van der Waals surface area (Å²) in [5.74, 6) is -0.786. The van der Waals surface area contributed by atoms with Gasteiger partial charge in [-0.05, 0) is 18.2 Å². The highest BCUT2D eigenvalue weighted by Crippen LogP contribution is 2.31. The van der Waals surface area contributed by atoms with Gasteiger partial charge in [0.05, 0.1) is 90.9 Å².